The summed E-state index contributed by atoms with van der Waals surface area (Å²) in [5, 5.41) is 8.60. The maximum Gasteiger partial charge on any atom is 0.243 e. The van der Waals surface area contributed by atoms with Crippen LogP contribution in [-0.4, -0.2) is 30.4 Å². The van der Waals surface area contributed by atoms with Gasteiger partial charge >= 0.3 is 0 Å². The second kappa shape index (κ2) is 8.88. The summed E-state index contributed by atoms with van der Waals surface area (Å²) in [6.07, 6.45) is 0. The standard InChI is InChI=1S/C16H25BrN4O2/c1-9(2)15(18)16(23)19-8-14(22)21-13-7-11(17)5-6-12(13)20-10(3)4/h5-7,9-10,15,20H,8,18H2,1-4H3,(H,19,23)(H,21,22)/t15-/m0/s1. The lowest BCUT2D eigenvalue weighted by atomic mass is 10.1. The van der Waals surface area contributed by atoms with Gasteiger partial charge in [0.2, 0.25) is 11.8 Å². The Balaban J connectivity index is 2.67. The van der Waals surface area contributed by atoms with Gasteiger partial charge in [0.25, 0.3) is 0 Å². The smallest absolute Gasteiger partial charge is 0.243 e. The summed E-state index contributed by atoms with van der Waals surface area (Å²) in [5.74, 6) is -0.617. The van der Waals surface area contributed by atoms with Crippen LogP contribution in [0.15, 0.2) is 22.7 Å². The maximum absolute atomic E-state index is 12.0. The Morgan fingerprint density at radius 2 is 1.83 bits per heavy atom. The highest BCUT2D eigenvalue weighted by Crippen LogP contribution is 2.26. The Labute approximate surface area is 145 Å². The fourth-order valence-corrected chi connectivity index (χ4v) is 2.20. The number of nitrogens with two attached hydrogens (primary N) is 1. The van der Waals surface area contributed by atoms with Crippen LogP contribution in [0.2, 0.25) is 0 Å². The Bertz CT molecular complexity index is 561. The lowest BCUT2D eigenvalue weighted by Gasteiger charge is -2.17. The molecule has 0 aliphatic carbocycles. The van der Waals surface area contributed by atoms with Crippen LogP contribution in [0.1, 0.15) is 27.7 Å². The van der Waals surface area contributed by atoms with Crippen LogP contribution < -0.4 is 21.7 Å². The Kier molecular flexibility index (Phi) is 7.51. The van der Waals surface area contributed by atoms with Gasteiger partial charge in [0.05, 0.1) is 24.0 Å². The van der Waals surface area contributed by atoms with Crippen LogP contribution in [0, 0.1) is 5.92 Å². The summed E-state index contributed by atoms with van der Waals surface area (Å²) < 4.78 is 0.855. The maximum atomic E-state index is 12.0. The van der Waals surface area contributed by atoms with E-state index in [-0.39, 0.29) is 30.3 Å². The normalized spacial score (nSPS) is 12.2. The van der Waals surface area contributed by atoms with Gasteiger partial charge in [-0.05, 0) is 38.0 Å². The first-order valence-corrected chi connectivity index (χ1v) is 8.39. The van der Waals surface area contributed by atoms with Gasteiger partial charge < -0.3 is 21.7 Å². The minimum atomic E-state index is -0.619. The summed E-state index contributed by atoms with van der Waals surface area (Å²) in [5.41, 5.74) is 7.21. The summed E-state index contributed by atoms with van der Waals surface area (Å²) in [6, 6.07) is 5.20. The van der Waals surface area contributed by atoms with Gasteiger partial charge in [0.15, 0.2) is 0 Å². The van der Waals surface area contributed by atoms with Crippen molar-refractivity contribution in [2.75, 3.05) is 17.2 Å². The van der Waals surface area contributed by atoms with E-state index in [2.05, 4.69) is 31.9 Å². The second-order valence-electron chi connectivity index (χ2n) is 6.02. The third-order valence-electron chi connectivity index (χ3n) is 3.14. The molecule has 1 atom stereocenters. The highest BCUT2D eigenvalue weighted by molar-refractivity contribution is 9.10. The number of hydrogen-bond donors (Lipinski definition) is 4. The van der Waals surface area contributed by atoms with Crippen molar-refractivity contribution in [3.05, 3.63) is 22.7 Å². The molecule has 1 rings (SSSR count). The van der Waals surface area contributed by atoms with Gasteiger partial charge in [-0.25, -0.2) is 0 Å². The molecule has 128 valence electrons. The van der Waals surface area contributed by atoms with Gasteiger partial charge in [0, 0.05) is 10.5 Å². The monoisotopic (exact) mass is 384 g/mol. The van der Waals surface area contributed by atoms with Crippen molar-refractivity contribution in [3.63, 3.8) is 0 Å². The van der Waals surface area contributed by atoms with E-state index in [0.29, 0.717) is 5.69 Å². The number of carbonyl (C=O) groups excluding carboxylic acids is 2. The van der Waals surface area contributed by atoms with Gasteiger partial charge in [0.1, 0.15) is 0 Å². The van der Waals surface area contributed by atoms with E-state index in [9.17, 15) is 9.59 Å². The molecule has 0 aliphatic heterocycles. The van der Waals surface area contributed by atoms with Crippen LogP contribution in [0.5, 0.6) is 0 Å². The Morgan fingerprint density at radius 3 is 2.39 bits per heavy atom. The van der Waals surface area contributed by atoms with Crippen LogP contribution in [0.4, 0.5) is 11.4 Å². The molecule has 0 heterocycles. The highest BCUT2D eigenvalue weighted by atomic mass is 79.9. The Morgan fingerprint density at radius 1 is 1.17 bits per heavy atom. The number of halogens is 1. The molecule has 5 N–H and O–H groups in total. The molecule has 0 fully saturated rings. The van der Waals surface area contributed by atoms with E-state index in [1.165, 1.54) is 0 Å². The number of carbonyl (C=O) groups is 2. The molecule has 0 aromatic heterocycles. The fourth-order valence-electron chi connectivity index (χ4n) is 1.84. The number of amides is 2. The van der Waals surface area contributed by atoms with Crippen molar-refractivity contribution in [3.8, 4) is 0 Å². The van der Waals surface area contributed by atoms with Crippen molar-refractivity contribution in [1.82, 2.24) is 5.32 Å². The summed E-state index contributed by atoms with van der Waals surface area (Å²) in [7, 11) is 0. The second-order valence-corrected chi connectivity index (χ2v) is 6.94. The highest BCUT2D eigenvalue weighted by Gasteiger charge is 2.18. The molecule has 7 heteroatoms. The third-order valence-corrected chi connectivity index (χ3v) is 3.64. The van der Waals surface area contributed by atoms with Crippen LogP contribution in [0.25, 0.3) is 0 Å². The molecule has 0 saturated carbocycles. The zero-order valence-corrected chi connectivity index (χ0v) is 15.5. The lowest BCUT2D eigenvalue weighted by molar-refractivity contribution is -0.125. The minimum Gasteiger partial charge on any atom is -0.381 e. The molecule has 1 aromatic carbocycles. The number of hydrogen-bond acceptors (Lipinski definition) is 4. The topological polar surface area (TPSA) is 96.2 Å². The fraction of sp³-hybridized carbons (Fsp3) is 0.500. The van der Waals surface area contributed by atoms with E-state index < -0.39 is 6.04 Å². The molecule has 1 aromatic rings. The average Bonchev–Trinajstić information content (AvgIpc) is 2.46. The van der Waals surface area contributed by atoms with E-state index in [4.69, 9.17) is 5.73 Å². The van der Waals surface area contributed by atoms with Gasteiger partial charge in [-0.1, -0.05) is 29.8 Å². The molecule has 0 saturated heterocycles. The first kappa shape index (κ1) is 19.4. The molecular weight excluding hydrogens is 360 g/mol. The number of benzene rings is 1. The zero-order valence-electron chi connectivity index (χ0n) is 13.9. The molecule has 0 unspecified atom stereocenters. The molecule has 0 aliphatic rings. The number of rotatable bonds is 7. The summed E-state index contributed by atoms with van der Waals surface area (Å²) in [6.45, 7) is 7.63. The lowest BCUT2D eigenvalue weighted by Crippen LogP contribution is -2.46. The van der Waals surface area contributed by atoms with Gasteiger partial charge in [-0.15, -0.1) is 0 Å². The van der Waals surface area contributed by atoms with Crippen molar-refractivity contribution < 1.29 is 9.59 Å². The molecule has 23 heavy (non-hydrogen) atoms. The first-order chi connectivity index (χ1) is 10.7. The van der Waals surface area contributed by atoms with Crippen LogP contribution in [-0.2, 0) is 9.59 Å². The van der Waals surface area contributed by atoms with Crippen LogP contribution >= 0.6 is 15.9 Å². The van der Waals surface area contributed by atoms with E-state index >= 15 is 0 Å². The van der Waals surface area contributed by atoms with Gasteiger partial charge in [-0.3, -0.25) is 9.59 Å². The van der Waals surface area contributed by atoms with Crippen molar-refractivity contribution in [2.24, 2.45) is 11.7 Å². The minimum absolute atomic E-state index is 0.0185. The van der Waals surface area contributed by atoms with Gasteiger partial charge in [-0.2, -0.15) is 0 Å². The zero-order chi connectivity index (χ0) is 17.6. The number of nitrogens with one attached hydrogen (secondary N) is 3. The van der Waals surface area contributed by atoms with Crippen LogP contribution in [0.3, 0.4) is 0 Å². The molecular formula is C16H25BrN4O2. The number of anilines is 2. The largest absolute Gasteiger partial charge is 0.381 e. The summed E-state index contributed by atoms with van der Waals surface area (Å²) in [4.78, 5) is 23.8. The SMILES string of the molecule is CC(C)Nc1ccc(Br)cc1NC(=O)CNC(=O)[C@@H](N)C(C)C. The molecule has 0 spiro atoms. The quantitative estimate of drug-likeness (QED) is 0.579. The predicted molar refractivity (Wildman–Crippen MR) is 97.4 cm³/mol. The Hall–Kier alpha value is -1.60. The molecule has 0 radical (unpaired) electrons. The third kappa shape index (κ3) is 6.58. The molecule has 2 amide bonds. The van der Waals surface area contributed by atoms with Crippen molar-refractivity contribution >= 4 is 39.1 Å². The first-order valence-electron chi connectivity index (χ1n) is 7.60. The van der Waals surface area contributed by atoms with E-state index in [1.54, 1.807) is 0 Å². The predicted octanol–water partition coefficient (Wildman–Crippen LogP) is 2.31. The summed E-state index contributed by atoms with van der Waals surface area (Å²) >= 11 is 3.38. The van der Waals surface area contributed by atoms with Crippen molar-refractivity contribution in [1.29, 1.82) is 0 Å². The van der Waals surface area contributed by atoms with E-state index in [1.807, 2.05) is 45.9 Å². The molecule has 0 bridgehead atoms. The average molecular weight is 385 g/mol. The van der Waals surface area contributed by atoms with Crippen molar-refractivity contribution in [2.45, 2.75) is 39.8 Å². The van der Waals surface area contributed by atoms with E-state index in [0.717, 1.165) is 10.2 Å². The molecule has 6 nitrogen and oxygen atoms in total.